The first kappa shape index (κ1) is 14.5. The summed E-state index contributed by atoms with van der Waals surface area (Å²) < 4.78 is 27.3. The van der Waals surface area contributed by atoms with E-state index in [9.17, 15) is 8.78 Å². The van der Waals surface area contributed by atoms with Crippen molar-refractivity contribution < 1.29 is 8.78 Å². The molecule has 0 spiro atoms. The first-order chi connectivity index (χ1) is 9.11. The van der Waals surface area contributed by atoms with Crippen LogP contribution in [0.1, 0.15) is 17.0 Å². The highest BCUT2D eigenvalue weighted by atomic mass is 79.9. The van der Waals surface area contributed by atoms with Gasteiger partial charge in [-0.1, -0.05) is 45.7 Å². The summed E-state index contributed by atoms with van der Waals surface area (Å²) in [7, 11) is 0. The molecule has 4 heteroatoms. The fourth-order valence-electron chi connectivity index (χ4n) is 1.97. The normalized spacial score (nSPS) is 12.4. The van der Waals surface area contributed by atoms with Gasteiger partial charge in [0.2, 0.25) is 0 Å². The van der Waals surface area contributed by atoms with E-state index in [1.165, 1.54) is 18.2 Å². The largest absolute Gasteiger partial charge is 0.207 e. The summed E-state index contributed by atoms with van der Waals surface area (Å²) >= 11 is 9.24. The third kappa shape index (κ3) is 3.54. The molecule has 0 fully saturated rings. The predicted octanol–water partition coefficient (Wildman–Crippen LogP) is 5.34. The van der Waals surface area contributed by atoms with Crippen LogP contribution in [-0.4, -0.2) is 5.33 Å². The Morgan fingerprint density at radius 1 is 1.00 bits per heavy atom. The lowest BCUT2D eigenvalue weighted by Crippen LogP contribution is -2.07. The van der Waals surface area contributed by atoms with Gasteiger partial charge < -0.3 is 0 Å². The third-order valence-electron chi connectivity index (χ3n) is 3.04. The van der Waals surface area contributed by atoms with Gasteiger partial charge in [-0.15, -0.1) is 0 Å². The molecule has 0 saturated carbocycles. The quantitative estimate of drug-likeness (QED) is 0.656. The zero-order valence-corrected chi connectivity index (χ0v) is 12.4. The molecule has 19 heavy (non-hydrogen) atoms. The zero-order valence-electron chi connectivity index (χ0n) is 10.0. The number of benzene rings is 2. The Morgan fingerprint density at radius 2 is 1.58 bits per heavy atom. The zero-order chi connectivity index (χ0) is 13.8. The molecule has 0 aliphatic rings. The highest BCUT2D eigenvalue weighted by Crippen LogP contribution is 2.26. The summed E-state index contributed by atoms with van der Waals surface area (Å²) in [6.45, 7) is 0. The van der Waals surface area contributed by atoms with Crippen molar-refractivity contribution >= 4 is 27.5 Å². The van der Waals surface area contributed by atoms with Crippen molar-refractivity contribution in [1.82, 2.24) is 0 Å². The SMILES string of the molecule is Fc1cccc(F)c1CC(CBr)c1ccc(Cl)cc1. The van der Waals surface area contributed by atoms with E-state index in [2.05, 4.69) is 15.9 Å². The molecule has 100 valence electrons. The molecule has 0 saturated heterocycles. The minimum atomic E-state index is -0.500. The lowest BCUT2D eigenvalue weighted by atomic mass is 9.93. The molecule has 0 heterocycles. The van der Waals surface area contributed by atoms with Crippen molar-refractivity contribution in [2.45, 2.75) is 12.3 Å². The molecular formula is C15H12BrClF2. The predicted molar refractivity (Wildman–Crippen MR) is 78.0 cm³/mol. The van der Waals surface area contributed by atoms with Crippen LogP contribution in [0.25, 0.3) is 0 Å². The summed E-state index contributed by atoms with van der Waals surface area (Å²) in [6.07, 6.45) is 0.311. The molecule has 0 aromatic heterocycles. The van der Waals surface area contributed by atoms with Crippen LogP contribution in [0.2, 0.25) is 5.02 Å². The Morgan fingerprint density at radius 3 is 2.11 bits per heavy atom. The fraction of sp³-hybridized carbons (Fsp3) is 0.200. The molecule has 2 aromatic rings. The van der Waals surface area contributed by atoms with Crippen molar-refractivity contribution in [3.63, 3.8) is 0 Å². The average Bonchev–Trinajstić information content (AvgIpc) is 2.40. The summed E-state index contributed by atoms with van der Waals surface area (Å²) in [6, 6.07) is 11.3. The summed E-state index contributed by atoms with van der Waals surface area (Å²) in [5.41, 5.74) is 1.13. The highest BCUT2D eigenvalue weighted by molar-refractivity contribution is 9.09. The van der Waals surface area contributed by atoms with Crippen LogP contribution in [0, 0.1) is 11.6 Å². The first-order valence-electron chi connectivity index (χ1n) is 5.86. The van der Waals surface area contributed by atoms with E-state index in [-0.39, 0.29) is 11.5 Å². The number of hydrogen-bond donors (Lipinski definition) is 0. The maximum absolute atomic E-state index is 13.7. The lowest BCUT2D eigenvalue weighted by Gasteiger charge is -2.15. The number of hydrogen-bond acceptors (Lipinski definition) is 0. The molecule has 2 rings (SSSR count). The van der Waals surface area contributed by atoms with Gasteiger partial charge in [0.1, 0.15) is 11.6 Å². The number of halogens is 4. The van der Waals surface area contributed by atoms with Crippen molar-refractivity contribution in [1.29, 1.82) is 0 Å². The minimum Gasteiger partial charge on any atom is -0.207 e. The fourth-order valence-corrected chi connectivity index (χ4v) is 2.70. The van der Waals surface area contributed by atoms with Crippen LogP contribution in [-0.2, 0) is 6.42 Å². The standard InChI is InChI=1S/C15H12BrClF2/c16-9-11(10-4-6-12(17)7-5-10)8-13-14(18)2-1-3-15(13)19/h1-7,11H,8-9H2. The molecule has 0 aliphatic heterocycles. The highest BCUT2D eigenvalue weighted by Gasteiger charge is 2.16. The van der Waals surface area contributed by atoms with E-state index in [1.54, 1.807) is 12.1 Å². The van der Waals surface area contributed by atoms with Gasteiger partial charge in [-0.25, -0.2) is 8.78 Å². The van der Waals surface area contributed by atoms with Crippen LogP contribution in [0.5, 0.6) is 0 Å². The Hall–Kier alpha value is -0.930. The molecule has 0 bridgehead atoms. The summed E-state index contributed by atoms with van der Waals surface area (Å²) in [5, 5.41) is 1.27. The van der Waals surface area contributed by atoms with Gasteiger partial charge in [0.15, 0.2) is 0 Å². The number of rotatable bonds is 4. The van der Waals surface area contributed by atoms with Crippen LogP contribution in [0.3, 0.4) is 0 Å². The van der Waals surface area contributed by atoms with E-state index < -0.39 is 11.6 Å². The maximum atomic E-state index is 13.7. The Bertz CT molecular complexity index is 534. The second-order valence-corrected chi connectivity index (χ2v) is 5.39. The van der Waals surface area contributed by atoms with Crippen LogP contribution in [0.15, 0.2) is 42.5 Å². The maximum Gasteiger partial charge on any atom is 0.129 e. The van der Waals surface area contributed by atoms with Crippen molar-refractivity contribution in [2.75, 3.05) is 5.33 Å². The van der Waals surface area contributed by atoms with E-state index in [0.29, 0.717) is 16.8 Å². The molecular weight excluding hydrogens is 334 g/mol. The molecule has 0 aliphatic carbocycles. The van der Waals surface area contributed by atoms with Gasteiger partial charge in [0.05, 0.1) is 0 Å². The molecule has 0 N–H and O–H groups in total. The van der Waals surface area contributed by atoms with Gasteiger partial charge in [-0.3, -0.25) is 0 Å². The Labute approximate surface area is 124 Å². The Kier molecular flexibility index (Phi) is 4.94. The molecule has 2 aromatic carbocycles. The topological polar surface area (TPSA) is 0 Å². The van der Waals surface area contributed by atoms with E-state index in [0.717, 1.165) is 5.56 Å². The monoisotopic (exact) mass is 344 g/mol. The third-order valence-corrected chi connectivity index (χ3v) is 4.07. The summed E-state index contributed by atoms with van der Waals surface area (Å²) in [5.74, 6) is -0.997. The smallest absolute Gasteiger partial charge is 0.129 e. The van der Waals surface area contributed by atoms with Crippen LogP contribution < -0.4 is 0 Å². The minimum absolute atomic E-state index is 0.00340. The molecule has 1 atom stereocenters. The van der Waals surface area contributed by atoms with E-state index >= 15 is 0 Å². The molecule has 0 nitrogen and oxygen atoms in total. The van der Waals surface area contributed by atoms with Gasteiger partial charge in [0, 0.05) is 15.9 Å². The van der Waals surface area contributed by atoms with Crippen LogP contribution >= 0.6 is 27.5 Å². The second kappa shape index (κ2) is 6.49. The molecule has 0 radical (unpaired) electrons. The van der Waals surface area contributed by atoms with E-state index in [4.69, 9.17) is 11.6 Å². The van der Waals surface area contributed by atoms with Crippen LogP contribution in [0.4, 0.5) is 8.78 Å². The van der Waals surface area contributed by atoms with Crippen molar-refractivity contribution in [3.05, 3.63) is 70.2 Å². The summed E-state index contributed by atoms with van der Waals surface area (Å²) in [4.78, 5) is 0. The van der Waals surface area contributed by atoms with Gasteiger partial charge >= 0.3 is 0 Å². The molecule has 0 amide bonds. The Balaban J connectivity index is 2.26. The van der Waals surface area contributed by atoms with Crippen molar-refractivity contribution in [2.24, 2.45) is 0 Å². The van der Waals surface area contributed by atoms with Gasteiger partial charge in [-0.2, -0.15) is 0 Å². The molecule has 1 unspecified atom stereocenters. The van der Waals surface area contributed by atoms with Crippen molar-refractivity contribution in [3.8, 4) is 0 Å². The average molecular weight is 346 g/mol. The number of alkyl halides is 1. The second-order valence-electron chi connectivity index (χ2n) is 4.31. The van der Waals surface area contributed by atoms with E-state index in [1.807, 2.05) is 12.1 Å². The lowest BCUT2D eigenvalue weighted by molar-refractivity contribution is 0.545. The van der Waals surface area contributed by atoms with Gasteiger partial charge in [-0.05, 0) is 42.2 Å². The first-order valence-corrected chi connectivity index (χ1v) is 7.36. The van der Waals surface area contributed by atoms with Gasteiger partial charge in [0.25, 0.3) is 0 Å².